The molecule has 2 rings (SSSR count). The highest BCUT2D eigenvalue weighted by Crippen LogP contribution is 2.31. The fourth-order valence-corrected chi connectivity index (χ4v) is 2.05. The van der Waals surface area contributed by atoms with Crippen molar-refractivity contribution in [1.29, 1.82) is 0 Å². The normalized spacial score (nSPS) is 19.9. The van der Waals surface area contributed by atoms with Crippen LogP contribution in [0.15, 0.2) is 18.2 Å². The van der Waals surface area contributed by atoms with Crippen molar-refractivity contribution in [3.8, 4) is 0 Å². The minimum Gasteiger partial charge on any atom is -0.380 e. The van der Waals surface area contributed by atoms with Crippen molar-refractivity contribution < 1.29 is 0 Å². The summed E-state index contributed by atoms with van der Waals surface area (Å²) in [6.07, 6.45) is 1.07. The maximum atomic E-state index is 5.67. The highest BCUT2D eigenvalue weighted by molar-refractivity contribution is 5.58. The molecule has 0 saturated carbocycles. The molecule has 1 atom stereocenters. The predicted molar refractivity (Wildman–Crippen MR) is 65.3 cm³/mol. The molecular formula is C13H20N2. The van der Waals surface area contributed by atoms with Crippen LogP contribution in [0.3, 0.4) is 0 Å². The summed E-state index contributed by atoms with van der Waals surface area (Å²) >= 11 is 0. The van der Waals surface area contributed by atoms with Crippen LogP contribution in [0.2, 0.25) is 0 Å². The third-order valence-electron chi connectivity index (χ3n) is 3.08. The van der Waals surface area contributed by atoms with Gasteiger partial charge in [-0.3, -0.25) is 0 Å². The van der Waals surface area contributed by atoms with Crippen molar-refractivity contribution in [3.63, 3.8) is 0 Å². The Morgan fingerprint density at radius 2 is 2.13 bits per heavy atom. The minimum absolute atomic E-state index is 0.232. The molecule has 1 aliphatic heterocycles. The van der Waals surface area contributed by atoms with Gasteiger partial charge in [0.25, 0.3) is 0 Å². The maximum Gasteiger partial charge on any atom is 0.0424 e. The standard InChI is InChI=1S/C13H20N2/c1-13(2,3)10-4-5-12-9(6-10)7-11(8-14)15-12/h4-6,11,15H,7-8,14H2,1-3H3. The largest absolute Gasteiger partial charge is 0.380 e. The second-order valence-corrected chi connectivity index (χ2v) is 5.40. The van der Waals surface area contributed by atoms with Crippen LogP contribution in [0.4, 0.5) is 5.69 Å². The van der Waals surface area contributed by atoms with Crippen LogP contribution in [0.1, 0.15) is 31.9 Å². The van der Waals surface area contributed by atoms with E-state index < -0.39 is 0 Å². The number of anilines is 1. The van der Waals surface area contributed by atoms with Gasteiger partial charge in [0.15, 0.2) is 0 Å². The minimum atomic E-state index is 0.232. The number of rotatable bonds is 1. The average Bonchev–Trinajstić information content (AvgIpc) is 2.57. The van der Waals surface area contributed by atoms with Crippen molar-refractivity contribution in [2.75, 3.05) is 11.9 Å². The van der Waals surface area contributed by atoms with E-state index in [0.717, 1.165) is 6.42 Å². The lowest BCUT2D eigenvalue weighted by atomic mass is 9.86. The second-order valence-electron chi connectivity index (χ2n) is 5.40. The summed E-state index contributed by atoms with van der Waals surface area (Å²) < 4.78 is 0. The van der Waals surface area contributed by atoms with Gasteiger partial charge in [-0.25, -0.2) is 0 Å². The van der Waals surface area contributed by atoms with Crippen LogP contribution in [0.5, 0.6) is 0 Å². The second kappa shape index (κ2) is 3.53. The third kappa shape index (κ3) is 2.00. The number of benzene rings is 1. The summed E-state index contributed by atoms with van der Waals surface area (Å²) in [5.74, 6) is 0. The van der Waals surface area contributed by atoms with E-state index in [2.05, 4.69) is 44.3 Å². The van der Waals surface area contributed by atoms with Gasteiger partial charge in [-0.05, 0) is 29.0 Å². The van der Waals surface area contributed by atoms with E-state index in [4.69, 9.17) is 5.73 Å². The van der Waals surface area contributed by atoms with Crippen LogP contribution in [-0.4, -0.2) is 12.6 Å². The molecule has 1 unspecified atom stereocenters. The van der Waals surface area contributed by atoms with E-state index in [1.165, 1.54) is 16.8 Å². The number of nitrogens with one attached hydrogen (secondary N) is 1. The van der Waals surface area contributed by atoms with Crippen molar-refractivity contribution >= 4 is 5.69 Å². The summed E-state index contributed by atoms with van der Waals surface area (Å²) in [5, 5.41) is 3.44. The molecule has 1 aliphatic rings. The number of hydrogen-bond donors (Lipinski definition) is 2. The van der Waals surface area contributed by atoms with E-state index >= 15 is 0 Å². The van der Waals surface area contributed by atoms with Crippen LogP contribution < -0.4 is 11.1 Å². The highest BCUT2D eigenvalue weighted by atomic mass is 15.0. The molecule has 0 aliphatic carbocycles. The Hall–Kier alpha value is -1.02. The average molecular weight is 204 g/mol. The Morgan fingerprint density at radius 1 is 1.40 bits per heavy atom. The fraction of sp³-hybridized carbons (Fsp3) is 0.538. The zero-order valence-electron chi connectivity index (χ0n) is 9.80. The van der Waals surface area contributed by atoms with Gasteiger partial charge in [-0.15, -0.1) is 0 Å². The molecular weight excluding hydrogens is 184 g/mol. The summed E-state index contributed by atoms with van der Waals surface area (Å²) in [5.41, 5.74) is 9.99. The Bertz CT molecular complexity index is 363. The number of nitrogens with two attached hydrogens (primary N) is 1. The monoisotopic (exact) mass is 204 g/mol. The molecule has 0 aromatic heterocycles. The first kappa shape index (κ1) is 10.5. The molecule has 1 heterocycles. The molecule has 82 valence electrons. The van der Waals surface area contributed by atoms with Gasteiger partial charge in [0.1, 0.15) is 0 Å². The summed E-state index contributed by atoms with van der Waals surface area (Å²) in [4.78, 5) is 0. The van der Waals surface area contributed by atoms with E-state index in [-0.39, 0.29) is 5.41 Å². The van der Waals surface area contributed by atoms with Gasteiger partial charge in [-0.2, -0.15) is 0 Å². The Balaban J connectivity index is 2.30. The van der Waals surface area contributed by atoms with Crippen molar-refractivity contribution in [1.82, 2.24) is 0 Å². The lowest BCUT2D eigenvalue weighted by molar-refractivity contribution is 0.589. The van der Waals surface area contributed by atoms with Crippen molar-refractivity contribution in [2.45, 2.75) is 38.6 Å². The molecule has 2 nitrogen and oxygen atoms in total. The van der Waals surface area contributed by atoms with Crippen LogP contribution in [0, 0.1) is 0 Å². The number of fused-ring (bicyclic) bond motifs is 1. The third-order valence-corrected chi connectivity index (χ3v) is 3.08. The molecule has 2 heteroatoms. The molecule has 0 radical (unpaired) electrons. The van der Waals surface area contributed by atoms with Gasteiger partial charge in [0.05, 0.1) is 0 Å². The molecule has 1 aromatic carbocycles. The van der Waals surface area contributed by atoms with E-state index in [9.17, 15) is 0 Å². The van der Waals surface area contributed by atoms with Gasteiger partial charge in [0.2, 0.25) is 0 Å². The van der Waals surface area contributed by atoms with Crippen LogP contribution in [-0.2, 0) is 11.8 Å². The van der Waals surface area contributed by atoms with Crippen LogP contribution in [0.25, 0.3) is 0 Å². The van der Waals surface area contributed by atoms with Gasteiger partial charge in [0, 0.05) is 18.3 Å². The SMILES string of the molecule is CC(C)(C)c1ccc2c(c1)CC(CN)N2. The van der Waals surface area contributed by atoms with E-state index in [1.54, 1.807) is 0 Å². The van der Waals surface area contributed by atoms with Gasteiger partial charge >= 0.3 is 0 Å². The predicted octanol–water partition coefficient (Wildman–Crippen LogP) is 2.28. The molecule has 3 N–H and O–H groups in total. The highest BCUT2D eigenvalue weighted by Gasteiger charge is 2.21. The molecule has 0 fully saturated rings. The molecule has 0 spiro atoms. The molecule has 0 amide bonds. The molecule has 15 heavy (non-hydrogen) atoms. The first-order valence-corrected chi connectivity index (χ1v) is 5.61. The Kier molecular flexibility index (Phi) is 2.47. The fourth-order valence-electron chi connectivity index (χ4n) is 2.05. The van der Waals surface area contributed by atoms with Crippen molar-refractivity contribution in [3.05, 3.63) is 29.3 Å². The van der Waals surface area contributed by atoms with Crippen LogP contribution >= 0.6 is 0 Å². The zero-order chi connectivity index (χ0) is 11.1. The molecule has 0 saturated heterocycles. The first-order valence-electron chi connectivity index (χ1n) is 5.61. The summed E-state index contributed by atoms with van der Waals surface area (Å²) in [6.45, 7) is 7.45. The quantitative estimate of drug-likeness (QED) is 0.736. The summed E-state index contributed by atoms with van der Waals surface area (Å²) in [7, 11) is 0. The number of hydrogen-bond acceptors (Lipinski definition) is 2. The van der Waals surface area contributed by atoms with E-state index in [1.807, 2.05) is 0 Å². The maximum absolute atomic E-state index is 5.67. The van der Waals surface area contributed by atoms with Gasteiger partial charge in [-0.1, -0.05) is 32.9 Å². The smallest absolute Gasteiger partial charge is 0.0424 e. The first-order chi connectivity index (χ1) is 7.00. The van der Waals surface area contributed by atoms with E-state index in [0.29, 0.717) is 12.6 Å². The summed E-state index contributed by atoms with van der Waals surface area (Å²) in [6, 6.07) is 7.14. The zero-order valence-corrected chi connectivity index (χ0v) is 9.80. The molecule has 0 bridgehead atoms. The Morgan fingerprint density at radius 3 is 2.73 bits per heavy atom. The lowest BCUT2D eigenvalue weighted by Crippen LogP contribution is -2.25. The Labute approximate surface area is 91.9 Å². The lowest BCUT2D eigenvalue weighted by Gasteiger charge is -2.19. The molecule has 1 aromatic rings. The van der Waals surface area contributed by atoms with Crippen molar-refractivity contribution in [2.24, 2.45) is 5.73 Å². The van der Waals surface area contributed by atoms with Gasteiger partial charge < -0.3 is 11.1 Å². The topological polar surface area (TPSA) is 38.0 Å².